The average molecular weight is 382 g/mol. The van der Waals surface area contributed by atoms with Gasteiger partial charge in [-0.15, -0.1) is 0 Å². The Morgan fingerprint density at radius 2 is 1.61 bits per heavy atom. The van der Waals surface area contributed by atoms with Gasteiger partial charge in [-0.3, -0.25) is 9.59 Å². The number of fused-ring (bicyclic) bond motifs is 1. The van der Waals surface area contributed by atoms with Gasteiger partial charge in [0.15, 0.2) is 11.5 Å². The largest absolute Gasteiger partial charge is 0.486 e. The topological polar surface area (TPSA) is 76.7 Å². The molecule has 0 aromatic heterocycles. The number of hydrogen-bond donors (Lipinski definition) is 2. The molecule has 3 rings (SSSR count). The summed E-state index contributed by atoms with van der Waals surface area (Å²) in [6.45, 7) is 6.44. The van der Waals surface area contributed by atoms with Crippen molar-refractivity contribution in [3.8, 4) is 11.5 Å². The summed E-state index contributed by atoms with van der Waals surface area (Å²) in [5, 5.41) is 5.87. The lowest BCUT2D eigenvalue weighted by molar-refractivity contribution is -0.123. The van der Waals surface area contributed by atoms with Crippen LogP contribution in [0.5, 0.6) is 11.5 Å². The summed E-state index contributed by atoms with van der Waals surface area (Å²) in [5.74, 6) is 1.11. The molecule has 2 amide bonds. The van der Waals surface area contributed by atoms with Crippen LogP contribution in [0.3, 0.4) is 0 Å². The van der Waals surface area contributed by atoms with E-state index >= 15 is 0 Å². The van der Waals surface area contributed by atoms with Crippen LogP contribution < -0.4 is 20.1 Å². The van der Waals surface area contributed by atoms with Crippen molar-refractivity contribution in [2.75, 3.05) is 13.2 Å². The van der Waals surface area contributed by atoms with E-state index in [1.807, 2.05) is 56.3 Å². The normalized spacial score (nSPS) is 14.7. The molecule has 0 radical (unpaired) electrons. The molecule has 1 aliphatic rings. The van der Waals surface area contributed by atoms with E-state index in [-0.39, 0.29) is 30.3 Å². The molecule has 2 aromatic carbocycles. The SMILES string of the molecule is CC(=O)NC(CC(=O)NC(C)c1ccc2c(c1)OCCO2)c1ccc(C)cc1. The van der Waals surface area contributed by atoms with Gasteiger partial charge >= 0.3 is 0 Å². The zero-order valence-electron chi connectivity index (χ0n) is 16.5. The fraction of sp³-hybridized carbons (Fsp3) is 0.364. The van der Waals surface area contributed by atoms with Crippen LogP contribution in [0.1, 0.15) is 49.0 Å². The molecule has 0 fully saturated rings. The summed E-state index contributed by atoms with van der Waals surface area (Å²) in [6.07, 6.45) is 0.164. The standard InChI is InChI=1S/C22H26N2O4/c1-14-4-6-17(7-5-14)19(24-16(3)25)13-22(26)23-15(2)18-8-9-20-21(12-18)28-11-10-27-20/h4-9,12,15,19H,10-11,13H2,1-3H3,(H,23,26)(H,24,25). The minimum Gasteiger partial charge on any atom is -0.486 e. The van der Waals surface area contributed by atoms with Crippen molar-refractivity contribution >= 4 is 11.8 Å². The summed E-state index contributed by atoms with van der Waals surface area (Å²) in [5.41, 5.74) is 2.97. The van der Waals surface area contributed by atoms with Crippen LogP contribution in [0.4, 0.5) is 0 Å². The third kappa shape index (κ3) is 5.03. The molecule has 6 nitrogen and oxygen atoms in total. The molecule has 2 N–H and O–H groups in total. The van der Waals surface area contributed by atoms with Crippen LogP contribution in [0.25, 0.3) is 0 Å². The molecular weight excluding hydrogens is 356 g/mol. The van der Waals surface area contributed by atoms with Gasteiger partial charge in [-0.2, -0.15) is 0 Å². The van der Waals surface area contributed by atoms with Crippen molar-refractivity contribution in [1.82, 2.24) is 10.6 Å². The highest BCUT2D eigenvalue weighted by atomic mass is 16.6. The molecule has 0 saturated carbocycles. The van der Waals surface area contributed by atoms with Gasteiger partial charge in [-0.05, 0) is 37.1 Å². The van der Waals surface area contributed by atoms with Crippen LogP contribution in [0.2, 0.25) is 0 Å². The zero-order chi connectivity index (χ0) is 20.1. The van der Waals surface area contributed by atoms with Crippen LogP contribution in [0, 0.1) is 6.92 Å². The molecule has 2 aromatic rings. The molecule has 6 heteroatoms. The number of hydrogen-bond acceptors (Lipinski definition) is 4. The molecule has 2 atom stereocenters. The van der Waals surface area contributed by atoms with Gasteiger partial charge < -0.3 is 20.1 Å². The van der Waals surface area contributed by atoms with E-state index in [1.54, 1.807) is 0 Å². The van der Waals surface area contributed by atoms with Crippen molar-refractivity contribution in [1.29, 1.82) is 0 Å². The van der Waals surface area contributed by atoms with Crippen molar-refractivity contribution in [3.05, 3.63) is 59.2 Å². The third-order valence-corrected chi connectivity index (χ3v) is 4.69. The van der Waals surface area contributed by atoms with Gasteiger partial charge in [-0.25, -0.2) is 0 Å². The lowest BCUT2D eigenvalue weighted by atomic mass is 10.0. The molecule has 2 unspecified atom stereocenters. The Balaban J connectivity index is 1.66. The maximum atomic E-state index is 12.6. The van der Waals surface area contributed by atoms with E-state index < -0.39 is 0 Å². The summed E-state index contributed by atoms with van der Waals surface area (Å²) >= 11 is 0. The molecule has 148 valence electrons. The molecule has 1 aliphatic heterocycles. The van der Waals surface area contributed by atoms with E-state index in [1.165, 1.54) is 6.92 Å². The summed E-state index contributed by atoms with van der Waals surface area (Å²) in [7, 11) is 0. The first kappa shape index (κ1) is 19.7. The first-order chi connectivity index (χ1) is 13.4. The van der Waals surface area contributed by atoms with Gasteiger partial charge in [0.2, 0.25) is 11.8 Å². The van der Waals surface area contributed by atoms with Crippen LogP contribution in [0.15, 0.2) is 42.5 Å². The van der Waals surface area contributed by atoms with Gasteiger partial charge in [0.1, 0.15) is 13.2 Å². The number of carbonyl (C=O) groups is 2. The molecule has 28 heavy (non-hydrogen) atoms. The molecule has 0 bridgehead atoms. The van der Waals surface area contributed by atoms with Crippen molar-refractivity contribution in [2.24, 2.45) is 0 Å². The minimum absolute atomic E-state index is 0.137. The Hall–Kier alpha value is -3.02. The van der Waals surface area contributed by atoms with E-state index in [4.69, 9.17) is 9.47 Å². The highest BCUT2D eigenvalue weighted by Gasteiger charge is 2.20. The number of benzene rings is 2. The molecule has 0 spiro atoms. The summed E-state index contributed by atoms with van der Waals surface area (Å²) in [4.78, 5) is 24.2. The van der Waals surface area contributed by atoms with Crippen molar-refractivity contribution < 1.29 is 19.1 Å². The Morgan fingerprint density at radius 3 is 2.29 bits per heavy atom. The average Bonchev–Trinajstić information content (AvgIpc) is 2.67. The number of nitrogens with one attached hydrogen (secondary N) is 2. The first-order valence-electron chi connectivity index (χ1n) is 9.45. The lowest BCUT2D eigenvalue weighted by Gasteiger charge is -2.22. The summed E-state index contributed by atoms with van der Waals surface area (Å²) < 4.78 is 11.1. The lowest BCUT2D eigenvalue weighted by Crippen LogP contribution is -2.33. The quantitative estimate of drug-likeness (QED) is 0.804. The molecular formula is C22H26N2O4. The van der Waals surface area contributed by atoms with Gasteiger partial charge in [-0.1, -0.05) is 35.9 Å². The molecule has 0 saturated heterocycles. The number of aryl methyl sites for hydroxylation is 1. The maximum Gasteiger partial charge on any atom is 0.222 e. The number of carbonyl (C=O) groups excluding carboxylic acids is 2. The monoisotopic (exact) mass is 382 g/mol. The van der Waals surface area contributed by atoms with Gasteiger partial charge in [0, 0.05) is 6.92 Å². The van der Waals surface area contributed by atoms with Gasteiger partial charge in [0.25, 0.3) is 0 Å². The minimum atomic E-state index is -0.370. The first-order valence-corrected chi connectivity index (χ1v) is 9.45. The Labute approximate surface area is 165 Å². The molecule has 1 heterocycles. The second-order valence-electron chi connectivity index (χ2n) is 7.06. The number of rotatable bonds is 6. The maximum absolute atomic E-state index is 12.6. The van der Waals surface area contributed by atoms with Gasteiger partial charge in [0.05, 0.1) is 18.5 Å². The van der Waals surface area contributed by atoms with Crippen LogP contribution >= 0.6 is 0 Å². The van der Waals surface area contributed by atoms with Crippen molar-refractivity contribution in [3.63, 3.8) is 0 Å². The highest BCUT2D eigenvalue weighted by molar-refractivity contribution is 5.79. The zero-order valence-corrected chi connectivity index (χ0v) is 16.5. The van der Waals surface area contributed by atoms with E-state index in [9.17, 15) is 9.59 Å². The van der Waals surface area contributed by atoms with E-state index in [0.717, 1.165) is 22.4 Å². The summed E-state index contributed by atoms with van der Waals surface area (Å²) in [6, 6.07) is 12.9. The number of ether oxygens (including phenoxy) is 2. The van der Waals surface area contributed by atoms with E-state index in [0.29, 0.717) is 19.0 Å². The Morgan fingerprint density at radius 1 is 0.964 bits per heavy atom. The van der Waals surface area contributed by atoms with Crippen molar-refractivity contribution in [2.45, 2.75) is 39.3 Å². The predicted octanol–water partition coefficient (Wildman–Crippen LogP) is 3.21. The van der Waals surface area contributed by atoms with Crippen LogP contribution in [-0.2, 0) is 9.59 Å². The second-order valence-corrected chi connectivity index (χ2v) is 7.06. The fourth-order valence-corrected chi connectivity index (χ4v) is 3.19. The fourth-order valence-electron chi connectivity index (χ4n) is 3.19. The highest BCUT2D eigenvalue weighted by Crippen LogP contribution is 2.32. The Kier molecular flexibility index (Phi) is 6.19. The Bertz CT molecular complexity index is 848. The third-order valence-electron chi connectivity index (χ3n) is 4.69. The number of amides is 2. The van der Waals surface area contributed by atoms with Crippen LogP contribution in [-0.4, -0.2) is 25.0 Å². The smallest absolute Gasteiger partial charge is 0.222 e. The predicted molar refractivity (Wildman–Crippen MR) is 106 cm³/mol. The second kappa shape index (κ2) is 8.78. The van der Waals surface area contributed by atoms with E-state index in [2.05, 4.69) is 10.6 Å². The molecule has 0 aliphatic carbocycles.